The second kappa shape index (κ2) is 7.83. The summed E-state index contributed by atoms with van der Waals surface area (Å²) in [6.07, 6.45) is 4.27. The van der Waals surface area contributed by atoms with E-state index in [0.29, 0.717) is 35.8 Å². The lowest BCUT2D eigenvalue weighted by Gasteiger charge is -2.14. The lowest BCUT2D eigenvalue weighted by Crippen LogP contribution is -2.23. The largest absolute Gasteiger partial charge is 0.382 e. The number of nitrogens with two attached hydrogens (primary N) is 1. The van der Waals surface area contributed by atoms with E-state index in [1.807, 2.05) is 18.2 Å². The van der Waals surface area contributed by atoms with Gasteiger partial charge in [0.1, 0.15) is 11.3 Å². The fraction of sp³-hybridized carbons (Fsp3) is 0.238. The number of rotatable bonds is 7. The number of hydrogen-bond donors (Lipinski definition) is 2. The molecule has 3 aromatic heterocycles. The number of carbonyl (C=O) groups excluding carboxylic acids is 1. The molecule has 0 spiro atoms. The molecule has 4 aromatic rings. The van der Waals surface area contributed by atoms with Crippen LogP contribution in [0.25, 0.3) is 33.1 Å². The third-order valence-electron chi connectivity index (χ3n) is 4.86. The molecule has 8 heteroatoms. The van der Waals surface area contributed by atoms with Crippen molar-refractivity contribution in [2.45, 2.75) is 26.3 Å². The topological polar surface area (TPSA) is 101 Å². The first-order valence-electron chi connectivity index (χ1n) is 9.48. The number of aromatic nitrogens is 4. The molecule has 0 saturated carbocycles. The number of nitrogens with one attached hydrogen (secondary N) is 1. The number of unbranched alkanes of at least 4 members (excludes halogenated alkanes) is 1. The average molecular weight is 392 g/mol. The lowest BCUT2D eigenvalue weighted by molar-refractivity contribution is -0.118. The molecule has 0 aliphatic rings. The van der Waals surface area contributed by atoms with Gasteiger partial charge in [-0.1, -0.05) is 25.5 Å². The maximum Gasteiger partial charge on any atom is 0.212 e. The van der Waals surface area contributed by atoms with Gasteiger partial charge in [0.05, 0.1) is 17.6 Å². The number of aromatic amines is 1. The molecular formula is C21H21FN6O. The Kier molecular flexibility index (Phi) is 5.07. The van der Waals surface area contributed by atoms with Crippen LogP contribution >= 0.6 is 0 Å². The van der Waals surface area contributed by atoms with Crippen LogP contribution < -0.4 is 5.73 Å². The molecule has 0 atom stereocenters. The molecule has 29 heavy (non-hydrogen) atoms. The van der Waals surface area contributed by atoms with Crippen LogP contribution in [0.3, 0.4) is 0 Å². The summed E-state index contributed by atoms with van der Waals surface area (Å²) in [6, 6.07) is 8.74. The number of H-pyrrole nitrogens is 1. The molecule has 7 nitrogen and oxygen atoms in total. The summed E-state index contributed by atoms with van der Waals surface area (Å²) in [5.74, 6) is 0.457. The van der Waals surface area contributed by atoms with Gasteiger partial charge >= 0.3 is 0 Å². The molecule has 0 saturated heterocycles. The minimum absolute atomic E-state index is 0.315. The lowest BCUT2D eigenvalue weighted by atomic mass is 10.0. The zero-order valence-corrected chi connectivity index (χ0v) is 16.0. The Morgan fingerprint density at radius 3 is 2.76 bits per heavy atom. The van der Waals surface area contributed by atoms with Gasteiger partial charge in [-0.15, -0.1) is 0 Å². The zero-order chi connectivity index (χ0) is 20.4. The standard InChI is InChI=1S/C21H21FN6O/c1-2-3-8-28(12-29)11-18-26-19-15-6-4-13(14-5-7-17(22)24-10-14)9-16(15)25-21(23)20(19)27-18/h4-7,9-10,12H,2-3,8,11H2,1H3,(H2,23,25)(H,26,27). The Hall–Kier alpha value is -3.55. The van der Waals surface area contributed by atoms with Crippen molar-refractivity contribution >= 4 is 34.2 Å². The first-order valence-corrected chi connectivity index (χ1v) is 9.48. The highest BCUT2D eigenvalue weighted by Gasteiger charge is 2.14. The first-order chi connectivity index (χ1) is 14.1. The van der Waals surface area contributed by atoms with Crippen molar-refractivity contribution in [1.29, 1.82) is 0 Å². The van der Waals surface area contributed by atoms with Crippen LogP contribution in [-0.4, -0.2) is 37.8 Å². The van der Waals surface area contributed by atoms with Gasteiger partial charge in [0.15, 0.2) is 5.82 Å². The predicted molar refractivity (Wildman–Crippen MR) is 110 cm³/mol. The number of hydrogen-bond acceptors (Lipinski definition) is 5. The van der Waals surface area contributed by atoms with Crippen LogP contribution in [0, 0.1) is 5.95 Å². The smallest absolute Gasteiger partial charge is 0.212 e. The zero-order valence-electron chi connectivity index (χ0n) is 16.0. The van der Waals surface area contributed by atoms with Crippen molar-refractivity contribution in [2.75, 3.05) is 12.3 Å². The number of imidazole rings is 1. The predicted octanol–water partition coefficient (Wildman–Crippen LogP) is 3.65. The number of carbonyl (C=O) groups is 1. The number of amides is 1. The maximum atomic E-state index is 13.1. The molecule has 3 N–H and O–H groups in total. The third-order valence-corrected chi connectivity index (χ3v) is 4.86. The monoisotopic (exact) mass is 392 g/mol. The molecule has 0 bridgehead atoms. The van der Waals surface area contributed by atoms with E-state index < -0.39 is 5.95 Å². The van der Waals surface area contributed by atoms with E-state index in [-0.39, 0.29) is 0 Å². The van der Waals surface area contributed by atoms with Crippen molar-refractivity contribution < 1.29 is 9.18 Å². The minimum atomic E-state index is -0.521. The van der Waals surface area contributed by atoms with Gasteiger partial charge in [-0.05, 0) is 30.2 Å². The van der Waals surface area contributed by atoms with Gasteiger partial charge < -0.3 is 15.6 Å². The second-order valence-electron chi connectivity index (χ2n) is 6.94. The van der Waals surface area contributed by atoms with Crippen LogP contribution in [0.15, 0.2) is 36.5 Å². The van der Waals surface area contributed by atoms with Crippen molar-refractivity contribution in [1.82, 2.24) is 24.8 Å². The number of pyridine rings is 2. The van der Waals surface area contributed by atoms with Crippen LogP contribution in [0.5, 0.6) is 0 Å². The first kappa shape index (κ1) is 18.8. The van der Waals surface area contributed by atoms with Gasteiger partial charge in [0, 0.05) is 23.7 Å². The fourth-order valence-electron chi connectivity index (χ4n) is 3.34. The van der Waals surface area contributed by atoms with Crippen LogP contribution in [0.4, 0.5) is 10.2 Å². The van der Waals surface area contributed by atoms with Crippen molar-refractivity contribution in [3.8, 4) is 11.1 Å². The van der Waals surface area contributed by atoms with Crippen LogP contribution in [0.1, 0.15) is 25.6 Å². The normalized spacial score (nSPS) is 11.2. The average Bonchev–Trinajstić information content (AvgIpc) is 3.16. The van der Waals surface area contributed by atoms with E-state index in [1.165, 1.54) is 12.3 Å². The second-order valence-corrected chi connectivity index (χ2v) is 6.94. The molecule has 0 aliphatic heterocycles. The Balaban J connectivity index is 1.74. The molecule has 148 valence electrons. The number of nitrogens with zero attached hydrogens (tertiary/aromatic N) is 4. The maximum absolute atomic E-state index is 13.1. The highest BCUT2D eigenvalue weighted by atomic mass is 19.1. The molecule has 1 amide bonds. The van der Waals surface area contributed by atoms with E-state index in [4.69, 9.17) is 5.73 Å². The van der Waals surface area contributed by atoms with E-state index >= 15 is 0 Å². The van der Waals surface area contributed by atoms with Crippen molar-refractivity contribution in [3.63, 3.8) is 0 Å². The summed E-state index contributed by atoms with van der Waals surface area (Å²) < 4.78 is 13.1. The molecule has 1 aromatic carbocycles. The van der Waals surface area contributed by atoms with Crippen LogP contribution in [-0.2, 0) is 11.3 Å². The van der Waals surface area contributed by atoms with Gasteiger partial charge in [-0.3, -0.25) is 4.79 Å². The SMILES string of the molecule is CCCCN(C=O)Cc1nc2c(N)nc3cc(-c4ccc(F)nc4)ccc3c2[nH]1. The Morgan fingerprint density at radius 2 is 2.03 bits per heavy atom. The molecule has 0 unspecified atom stereocenters. The molecular weight excluding hydrogens is 371 g/mol. The number of benzene rings is 1. The molecule has 0 radical (unpaired) electrons. The Morgan fingerprint density at radius 1 is 1.21 bits per heavy atom. The van der Waals surface area contributed by atoms with Gasteiger partial charge in [-0.25, -0.2) is 15.0 Å². The molecule has 3 heterocycles. The molecule has 0 aliphatic carbocycles. The van der Waals surface area contributed by atoms with Gasteiger partial charge in [-0.2, -0.15) is 4.39 Å². The summed E-state index contributed by atoms with van der Waals surface area (Å²) in [4.78, 5) is 29.0. The van der Waals surface area contributed by atoms with E-state index in [1.54, 1.807) is 11.0 Å². The van der Waals surface area contributed by atoms with Crippen molar-refractivity contribution in [3.05, 3.63) is 48.3 Å². The number of anilines is 1. The fourth-order valence-corrected chi connectivity index (χ4v) is 3.34. The number of fused-ring (bicyclic) bond motifs is 3. The Labute approximate surface area is 166 Å². The van der Waals surface area contributed by atoms with E-state index in [9.17, 15) is 9.18 Å². The summed E-state index contributed by atoms with van der Waals surface area (Å²) in [5, 5.41) is 0.873. The van der Waals surface area contributed by atoms with E-state index in [0.717, 1.165) is 41.3 Å². The van der Waals surface area contributed by atoms with Gasteiger partial charge in [0.25, 0.3) is 0 Å². The third kappa shape index (κ3) is 3.73. The number of halogens is 1. The minimum Gasteiger partial charge on any atom is -0.382 e. The highest BCUT2D eigenvalue weighted by molar-refractivity contribution is 6.07. The summed E-state index contributed by atoms with van der Waals surface area (Å²) in [5.41, 5.74) is 9.87. The Bertz CT molecular complexity index is 1170. The van der Waals surface area contributed by atoms with Gasteiger partial charge in [0.2, 0.25) is 12.4 Å². The summed E-state index contributed by atoms with van der Waals surface area (Å²) in [7, 11) is 0. The molecule has 0 fully saturated rings. The quantitative estimate of drug-likeness (QED) is 0.369. The summed E-state index contributed by atoms with van der Waals surface area (Å²) in [6.45, 7) is 3.15. The summed E-state index contributed by atoms with van der Waals surface area (Å²) >= 11 is 0. The van der Waals surface area contributed by atoms with Crippen LogP contribution in [0.2, 0.25) is 0 Å². The molecule has 4 rings (SSSR count). The highest BCUT2D eigenvalue weighted by Crippen LogP contribution is 2.30. The van der Waals surface area contributed by atoms with Crippen molar-refractivity contribution in [2.24, 2.45) is 0 Å². The van der Waals surface area contributed by atoms with E-state index in [2.05, 4.69) is 26.9 Å². The number of nitrogen functional groups attached to an aromatic ring is 1.